The third kappa shape index (κ3) is 4.71. The number of fused-ring (bicyclic) bond motifs is 6. The van der Waals surface area contributed by atoms with Crippen LogP contribution in [0.4, 0.5) is 17.1 Å². The van der Waals surface area contributed by atoms with Gasteiger partial charge in [0.2, 0.25) is 0 Å². The Morgan fingerprint density at radius 2 is 0.892 bits per heavy atom. The molecule has 0 amide bonds. The molecule has 0 N–H and O–H groups in total. The molecule has 1 unspecified atom stereocenters. The minimum absolute atomic E-state index is 0.885. The zero-order chi connectivity index (χ0) is 42.4. The van der Waals surface area contributed by atoms with Crippen molar-refractivity contribution in [1.82, 2.24) is 0 Å². The zero-order valence-corrected chi connectivity index (χ0v) is 37.0. The summed E-state index contributed by atoms with van der Waals surface area (Å²) in [6, 6.07) is 77.3. The van der Waals surface area contributed by atoms with Gasteiger partial charge < -0.3 is 4.42 Å². The fraction of sp³-hybridized carbons (Fsp3) is 0. The van der Waals surface area contributed by atoms with E-state index in [0.29, 0.717) is 0 Å². The second-order valence-corrected chi connectivity index (χ2v) is 25.0. The molecule has 0 radical (unpaired) electrons. The maximum absolute atomic E-state index is 7.29. The van der Waals surface area contributed by atoms with Crippen LogP contribution in [-0.2, 0) is 0 Å². The first-order valence-corrected chi connectivity index (χ1v) is 26.4. The zero-order valence-electron chi connectivity index (χ0n) is 34.9. The Kier molecular flexibility index (Phi) is 7.09. The van der Waals surface area contributed by atoms with Gasteiger partial charge in [-0.2, -0.15) is 0 Å². The van der Waals surface area contributed by atoms with Gasteiger partial charge >= 0.3 is 321 Å². The van der Waals surface area contributed by atoms with Gasteiger partial charge in [0.15, 0.2) is 0 Å². The molecule has 12 aromatic rings. The van der Waals surface area contributed by atoms with Crippen LogP contribution in [0.5, 0.6) is 23.0 Å². The fourth-order valence-corrected chi connectivity index (χ4v) is 23.1. The van der Waals surface area contributed by atoms with Crippen molar-refractivity contribution >= 4 is 102 Å². The first kappa shape index (κ1) is 35.4. The van der Waals surface area contributed by atoms with E-state index in [2.05, 4.69) is 217 Å². The standard InChI is InChI=1S/C60H35GeNO3/c1-3-17-40(18-4-1)61-58-48-25-13-26-51(58)64-52-27-14-28-53(60(52)61)65-55-35-39(33-49(59(55)61)62(48)41-19-5-2-6-20-41)57-44-23-11-9-21-42(44)56(43-22-10-12-24-45(43)57)38-29-30-50-46(32-38)47-31-36-15-7-8-16-37(36)34-54(47)63-50/h1-35H. The maximum atomic E-state index is 7.29. The molecule has 3 aliphatic heterocycles. The molecule has 11 aromatic carbocycles. The van der Waals surface area contributed by atoms with Crippen LogP contribution < -0.4 is 32.0 Å². The van der Waals surface area contributed by atoms with E-state index >= 15 is 0 Å². The Labute approximate surface area is 376 Å². The van der Waals surface area contributed by atoms with Crippen LogP contribution in [0.25, 0.3) is 76.5 Å². The predicted octanol–water partition coefficient (Wildman–Crippen LogP) is 13.8. The van der Waals surface area contributed by atoms with Gasteiger partial charge in [-0.25, -0.2) is 0 Å². The molecular formula is C60H35GeNO3. The number of benzene rings is 11. The van der Waals surface area contributed by atoms with Crippen molar-refractivity contribution in [2.45, 2.75) is 0 Å². The summed E-state index contributed by atoms with van der Waals surface area (Å²) < 4.78 is 25.9. The quantitative estimate of drug-likeness (QED) is 0.130. The van der Waals surface area contributed by atoms with Gasteiger partial charge in [-0.3, -0.25) is 0 Å². The normalized spacial score (nSPS) is 15.4. The Balaban J connectivity index is 1.04. The molecule has 3 aliphatic rings. The van der Waals surface area contributed by atoms with E-state index in [4.69, 9.17) is 13.9 Å². The first-order chi connectivity index (χ1) is 32.2. The van der Waals surface area contributed by atoms with E-state index in [-0.39, 0.29) is 0 Å². The molecular weight excluding hydrogens is 855 g/mol. The number of hydrogen-bond acceptors (Lipinski definition) is 4. The summed E-state index contributed by atoms with van der Waals surface area (Å²) in [5.41, 5.74) is 9.86. The molecule has 0 fully saturated rings. The predicted molar refractivity (Wildman–Crippen MR) is 269 cm³/mol. The molecule has 15 rings (SSSR count). The molecule has 0 saturated carbocycles. The Morgan fingerprint density at radius 3 is 1.60 bits per heavy atom. The topological polar surface area (TPSA) is 34.8 Å². The first-order valence-electron chi connectivity index (χ1n) is 22.2. The summed E-state index contributed by atoms with van der Waals surface area (Å²) in [6.45, 7) is 0. The SMILES string of the molecule is c1ccc(N2c3cccc4[c]3[Ge]3([c]5ccccc5)[c]5c(cccc5Oc5cc(-c6c7ccccc7c(-c7ccc8oc9cc%10ccccc%10cc9c8c7)c7ccccc67)cc2[c]53)O4)cc1. The molecule has 302 valence electrons. The van der Waals surface area contributed by atoms with E-state index < -0.39 is 13.3 Å². The second kappa shape index (κ2) is 13.0. The number of hydrogen-bond donors (Lipinski definition) is 0. The molecule has 4 nitrogen and oxygen atoms in total. The van der Waals surface area contributed by atoms with E-state index in [9.17, 15) is 0 Å². The molecule has 0 spiro atoms. The van der Waals surface area contributed by atoms with Gasteiger partial charge in [0.05, 0.1) is 0 Å². The average molecular weight is 891 g/mol. The fourth-order valence-electron chi connectivity index (χ4n) is 11.7. The molecule has 65 heavy (non-hydrogen) atoms. The molecule has 0 bridgehead atoms. The van der Waals surface area contributed by atoms with E-state index in [1.165, 1.54) is 61.0 Å². The number of anilines is 3. The van der Waals surface area contributed by atoms with Crippen LogP contribution in [0.3, 0.4) is 0 Å². The molecule has 4 heterocycles. The van der Waals surface area contributed by atoms with Crippen molar-refractivity contribution in [3.63, 3.8) is 0 Å². The Morgan fingerprint density at radius 1 is 0.338 bits per heavy atom. The van der Waals surface area contributed by atoms with Gasteiger partial charge in [0, 0.05) is 0 Å². The Bertz CT molecular complexity index is 3970. The third-order valence-electron chi connectivity index (χ3n) is 14.2. The van der Waals surface area contributed by atoms with E-state index in [0.717, 1.165) is 73.1 Å². The summed E-state index contributed by atoms with van der Waals surface area (Å²) in [5.74, 6) is 3.63. The number of furan rings is 1. The monoisotopic (exact) mass is 891 g/mol. The molecule has 0 aliphatic carbocycles. The van der Waals surface area contributed by atoms with E-state index in [1.54, 1.807) is 0 Å². The number of nitrogens with zero attached hydrogens (tertiary/aromatic N) is 1. The summed E-state index contributed by atoms with van der Waals surface area (Å²) in [6.07, 6.45) is 0. The minimum atomic E-state index is -3.85. The molecule has 0 saturated heterocycles. The van der Waals surface area contributed by atoms with Crippen LogP contribution in [0.1, 0.15) is 0 Å². The number of para-hydroxylation sites is 1. The van der Waals surface area contributed by atoms with Crippen LogP contribution in [0.15, 0.2) is 217 Å². The van der Waals surface area contributed by atoms with Crippen molar-refractivity contribution in [3.8, 4) is 45.3 Å². The molecule has 1 atom stereocenters. The van der Waals surface area contributed by atoms with Gasteiger partial charge in [-0.15, -0.1) is 0 Å². The van der Waals surface area contributed by atoms with Crippen LogP contribution >= 0.6 is 0 Å². The van der Waals surface area contributed by atoms with Crippen molar-refractivity contribution < 1.29 is 13.9 Å². The molecule has 1 aromatic heterocycles. The van der Waals surface area contributed by atoms with Crippen molar-refractivity contribution in [1.29, 1.82) is 0 Å². The second-order valence-electron chi connectivity index (χ2n) is 17.5. The summed E-state index contributed by atoms with van der Waals surface area (Å²) in [7, 11) is 0. The van der Waals surface area contributed by atoms with Crippen molar-refractivity contribution in [2.24, 2.45) is 0 Å². The van der Waals surface area contributed by atoms with Gasteiger partial charge in [-0.05, 0) is 22.9 Å². The summed E-state index contributed by atoms with van der Waals surface area (Å²) in [4.78, 5) is 2.46. The number of rotatable bonds is 4. The molecule has 5 heteroatoms. The Hall–Kier alpha value is -8.06. The van der Waals surface area contributed by atoms with Crippen LogP contribution in [-0.4, -0.2) is 13.3 Å². The van der Waals surface area contributed by atoms with Gasteiger partial charge in [0.1, 0.15) is 5.58 Å². The van der Waals surface area contributed by atoms with Gasteiger partial charge in [-0.1, -0.05) is 24.3 Å². The summed E-state index contributed by atoms with van der Waals surface area (Å²) >= 11 is -3.85. The van der Waals surface area contributed by atoms with Crippen molar-refractivity contribution in [3.05, 3.63) is 212 Å². The van der Waals surface area contributed by atoms with Crippen molar-refractivity contribution in [2.75, 3.05) is 4.90 Å². The number of ether oxygens (including phenoxy) is 2. The van der Waals surface area contributed by atoms with E-state index in [1.807, 2.05) is 0 Å². The van der Waals surface area contributed by atoms with Crippen LogP contribution in [0, 0.1) is 0 Å². The summed E-state index contributed by atoms with van der Waals surface area (Å²) in [5, 5.41) is 9.38. The average Bonchev–Trinajstić information content (AvgIpc) is 3.71. The van der Waals surface area contributed by atoms with Crippen LogP contribution in [0.2, 0.25) is 0 Å². The van der Waals surface area contributed by atoms with Gasteiger partial charge in [0.25, 0.3) is 0 Å². The third-order valence-corrected chi connectivity index (χ3v) is 24.6.